The predicted octanol–water partition coefficient (Wildman–Crippen LogP) is 6.29. The topological polar surface area (TPSA) is 96.4 Å². The highest BCUT2D eigenvalue weighted by atomic mass is 35.5. The van der Waals surface area contributed by atoms with Gasteiger partial charge in [-0.05, 0) is 86.9 Å². The van der Waals surface area contributed by atoms with Crippen molar-refractivity contribution in [2.24, 2.45) is 0 Å². The second-order valence-electron chi connectivity index (χ2n) is 11.1. The lowest BCUT2D eigenvalue weighted by atomic mass is 10.0. The second kappa shape index (κ2) is 13.1. The highest BCUT2D eigenvalue weighted by Crippen LogP contribution is 2.31. The average molecular weight is 620 g/mol. The fourth-order valence-electron chi connectivity index (χ4n) is 5.05. The number of ether oxygens (including phenoxy) is 1. The molecule has 1 aliphatic rings. The third-order valence-electron chi connectivity index (χ3n) is 6.83. The zero-order valence-corrected chi connectivity index (χ0v) is 26.1. The van der Waals surface area contributed by atoms with Crippen molar-refractivity contribution in [1.29, 1.82) is 0 Å². The van der Waals surface area contributed by atoms with E-state index in [1.54, 1.807) is 36.0 Å². The smallest absolute Gasteiger partial charge is 0.407 e. The molecule has 0 spiro atoms. The summed E-state index contributed by atoms with van der Waals surface area (Å²) >= 11 is 14.7. The Hall–Kier alpha value is -2.72. The minimum atomic E-state index is -0.573. The summed E-state index contributed by atoms with van der Waals surface area (Å²) in [4.78, 5) is 45.1. The van der Waals surface area contributed by atoms with Crippen LogP contribution in [-0.2, 0) is 17.8 Å². The summed E-state index contributed by atoms with van der Waals surface area (Å²) in [5.74, 6) is 0.841. The molecule has 1 fully saturated rings. The van der Waals surface area contributed by atoms with Gasteiger partial charge in [-0.15, -0.1) is 11.8 Å². The van der Waals surface area contributed by atoms with Gasteiger partial charge in [0.05, 0.1) is 22.5 Å². The van der Waals surface area contributed by atoms with Gasteiger partial charge >= 0.3 is 11.8 Å². The number of benzene rings is 2. The van der Waals surface area contributed by atoms with Gasteiger partial charge in [0.2, 0.25) is 0 Å². The Balaban J connectivity index is 1.64. The molecule has 11 heteroatoms. The molecule has 1 unspecified atom stereocenters. The lowest BCUT2D eigenvalue weighted by Crippen LogP contribution is -2.48. The van der Waals surface area contributed by atoms with Crippen LogP contribution in [-0.4, -0.2) is 51.0 Å². The van der Waals surface area contributed by atoms with E-state index < -0.39 is 22.9 Å². The normalized spacial score (nSPS) is 16.1. The molecule has 0 aliphatic carbocycles. The van der Waals surface area contributed by atoms with Crippen LogP contribution < -0.4 is 16.6 Å². The van der Waals surface area contributed by atoms with Gasteiger partial charge in [-0.25, -0.2) is 9.59 Å². The van der Waals surface area contributed by atoms with Gasteiger partial charge in [0.1, 0.15) is 5.60 Å². The number of H-pyrrole nitrogens is 1. The average Bonchev–Trinajstić information content (AvgIpc) is 2.89. The number of amides is 1. The highest BCUT2D eigenvalue weighted by molar-refractivity contribution is 7.99. The Morgan fingerprint density at radius 2 is 2.00 bits per heavy atom. The van der Waals surface area contributed by atoms with E-state index in [4.69, 9.17) is 27.9 Å². The fraction of sp³-hybridized carbons (Fsp3) is 0.433. The van der Waals surface area contributed by atoms with E-state index in [0.29, 0.717) is 39.6 Å². The van der Waals surface area contributed by atoms with E-state index in [-0.39, 0.29) is 12.6 Å². The van der Waals surface area contributed by atoms with Crippen LogP contribution in [0.5, 0.6) is 0 Å². The molecule has 1 amide bonds. The van der Waals surface area contributed by atoms with Gasteiger partial charge < -0.3 is 15.0 Å². The van der Waals surface area contributed by atoms with Crippen LogP contribution in [0.25, 0.3) is 17.0 Å². The van der Waals surface area contributed by atoms with Crippen LogP contribution in [0.4, 0.5) is 4.79 Å². The van der Waals surface area contributed by atoms with Crippen molar-refractivity contribution in [3.8, 4) is 0 Å². The van der Waals surface area contributed by atoms with E-state index in [9.17, 15) is 14.4 Å². The van der Waals surface area contributed by atoms with E-state index >= 15 is 0 Å². The first-order valence-electron chi connectivity index (χ1n) is 13.6. The van der Waals surface area contributed by atoms with Gasteiger partial charge in [0.25, 0.3) is 5.56 Å². The van der Waals surface area contributed by atoms with E-state index in [1.807, 2.05) is 33.8 Å². The Bertz CT molecular complexity index is 1580. The van der Waals surface area contributed by atoms with Gasteiger partial charge in [0, 0.05) is 29.0 Å². The first-order valence-corrected chi connectivity index (χ1v) is 15.4. The zero-order valence-electron chi connectivity index (χ0n) is 23.8. The number of fused-ring (bicyclic) bond motifs is 1. The molecular weight excluding hydrogens is 583 g/mol. The molecule has 2 N–H and O–H groups in total. The van der Waals surface area contributed by atoms with E-state index in [2.05, 4.69) is 21.8 Å². The molecule has 2 aromatic carbocycles. The third-order valence-corrected chi connectivity index (χ3v) is 8.48. The third kappa shape index (κ3) is 7.57. The number of thioether (sulfide) groups is 1. The largest absolute Gasteiger partial charge is 0.444 e. The number of nitrogens with zero attached hydrogens (tertiary/aromatic N) is 2. The van der Waals surface area contributed by atoms with E-state index in [0.717, 1.165) is 41.2 Å². The van der Waals surface area contributed by atoms with Crippen LogP contribution in [0.3, 0.4) is 0 Å². The molecule has 4 rings (SSSR count). The van der Waals surface area contributed by atoms with Crippen molar-refractivity contribution >= 4 is 58.0 Å². The molecule has 8 nitrogen and oxygen atoms in total. The first kappa shape index (κ1) is 31.2. The van der Waals surface area contributed by atoms with Crippen LogP contribution in [0, 0.1) is 0 Å². The van der Waals surface area contributed by atoms with Gasteiger partial charge in [-0.3, -0.25) is 14.3 Å². The SMILES string of the molecule is C=Cc1cc2c(=O)n(Cc3cc(Cl)ccc3SCC)c(=O)[nH]c2c(Cl)c1CN1CCCC(NC(=O)OC(C)(C)C)C1. The molecule has 3 aromatic rings. The summed E-state index contributed by atoms with van der Waals surface area (Å²) in [5.41, 5.74) is 1.01. The number of rotatable bonds is 8. The number of piperidine rings is 1. The monoisotopic (exact) mass is 618 g/mol. The molecule has 41 heavy (non-hydrogen) atoms. The molecule has 1 saturated heterocycles. The Kier molecular flexibility index (Phi) is 9.95. The molecule has 1 aromatic heterocycles. The number of halogens is 2. The Morgan fingerprint density at radius 3 is 2.68 bits per heavy atom. The number of carbonyl (C=O) groups excluding carboxylic acids is 1. The number of aromatic amines is 1. The number of hydrogen-bond acceptors (Lipinski definition) is 6. The van der Waals surface area contributed by atoms with Crippen molar-refractivity contribution < 1.29 is 9.53 Å². The maximum atomic E-state index is 13.6. The van der Waals surface area contributed by atoms with Crippen molar-refractivity contribution in [2.75, 3.05) is 18.8 Å². The molecule has 0 radical (unpaired) electrons. The number of alkyl carbamates (subject to hydrolysis) is 1. The Morgan fingerprint density at radius 1 is 1.24 bits per heavy atom. The zero-order chi connectivity index (χ0) is 29.9. The molecule has 0 bridgehead atoms. The van der Waals surface area contributed by atoms with Crippen molar-refractivity contribution in [3.05, 3.63) is 78.4 Å². The number of likely N-dealkylation sites (tertiary alicyclic amines) is 1. The molecule has 1 aliphatic heterocycles. The van der Waals surface area contributed by atoms with Crippen molar-refractivity contribution in [3.63, 3.8) is 0 Å². The molecular formula is C30H36Cl2N4O4S. The molecule has 220 valence electrons. The maximum Gasteiger partial charge on any atom is 0.407 e. The highest BCUT2D eigenvalue weighted by Gasteiger charge is 2.26. The van der Waals surface area contributed by atoms with Crippen LogP contribution >= 0.6 is 35.0 Å². The summed E-state index contributed by atoms with van der Waals surface area (Å²) in [6.45, 7) is 13.5. The number of aromatic nitrogens is 2. The van der Waals surface area contributed by atoms with Crippen LogP contribution in [0.2, 0.25) is 10.0 Å². The van der Waals surface area contributed by atoms with E-state index in [1.165, 1.54) is 4.57 Å². The summed E-state index contributed by atoms with van der Waals surface area (Å²) < 4.78 is 6.59. The maximum absolute atomic E-state index is 13.6. The lowest BCUT2D eigenvalue weighted by Gasteiger charge is -2.34. The number of hydrogen-bond donors (Lipinski definition) is 2. The van der Waals surface area contributed by atoms with Crippen molar-refractivity contribution in [2.45, 2.75) is 70.2 Å². The molecule has 0 saturated carbocycles. The Labute approximate surface area is 254 Å². The molecule has 2 heterocycles. The summed E-state index contributed by atoms with van der Waals surface area (Å²) in [5, 5.41) is 4.12. The fourth-order valence-corrected chi connectivity index (χ4v) is 6.35. The van der Waals surface area contributed by atoms with Gasteiger partial charge in [-0.2, -0.15) is 0 Å². The summed E-state index contributed by atoms with van der Waals surface area (Å²) in [6.07, 6.45) is 2.96. The van der Waals surface area contributed by atoms with Crippen LogP contribution in [0.15, 0.2) is 45.3 Å². The number of nitrogens with one attached hydrogen (secondary N) is 2. The minimum absolute atomic E-state index is 0.0701. The minimum Gasteiger partial charge on any atom is -0.444 e. The molecule has 1 atom stereocenters. The van der Waals surface area contributed by atoms with Crippen LogP contribution in [0.1, 0.15) is 57.2 Å². The standard InChI is InChI=1S/C30H36Cl2N4O4S/c1-6-18-14-22-26(34-28(38)36(27(22)37)15-19-13-20(31)10-11-24(19)41-7-2)25(32)23(18)17-35-12-8-9-21(16-35)33-29(39)40-30(3,4)5/h6,10-11,13-14,21H,1,7-9,12,15-17H2,2-5H3,(H,33,39)(H,34,38). The lowest BCUT2D eigenvalue weighted by molar-refractivity contribution is 0.0470. The van der Waals surface area contributed by atoms with Crippen molar-refractivity contribution in [1.82, 2.24) is 19.8 Å². The second-order valence-corrected chi connectivity index (χ2v) is 13.2. The quantitative estimate of drug-likeness (QED) is 0.288. The summed E-state index contributed by atoms with van der Waals surface area (Å²) in [7, 11) is 0. The summed E-state index contributed by atoms with van der Waals surface area (Å²) in [6, 6.07) is 7.15. The predicted molar refractivity (Wildman–Crippen MR) is 169 cm³/mol. The first-order chi connectivity index (χ1) is 19.4. The van der Waals surface area contributed by atoms with Gasteiger partial charge in [-0.1, -0.05) is 42.8 Å². The number of carbonyl (C=O) groups is 1. The van der Waals surface area contributed by atoms with Gasteiger partial charge in [0.15, 0.2) is 0 Å².